The normalized spacial score (nSPS) is 16.3. The fraction of sp³-hybridized carbons (Fsp3) is 0.333. The van der Waals surface area contributed by atoms with E-state index in [0.29, 0.717) is 24.5 Å². The van der Waals surface area contributed by atoms with Gasteiger partial charge < -0.3 is 19.7 Å². The van der Waals surface area contributed by atoms with Crippen LogP contribution in [0.1, 0.15) is 17.5 Å². The Labute approximate surface area is 159 Å². The molecule has 3 rings (SSSR count). The van der Waals surface area contributed by atoms with Gasteiger partial charge >= 0.3 is 0 Å². The van der Waals surface area contributed by atoms with Crippen LogP contribution in [0, 0.1) is 12.8 Å². The molecule has 0 saturated carbocycles. The van der Waals surface area contributed by atoms with Gasteiger partial charge in [0, 0.05) is 25.1 Å². The summed E-state index contributed by atoms with van der Waals surface area (Å²) in [4.78, 5) is 26.8. The molecule has 142 valence electrons. The molecule has 0 aromatic heterocycles. The van der Waals surface area contributed by atoms with Gasteiger partial charge in [-0.3, -0.25) is 9.59 Å². The Morgan fingerprint density at radius 2 is 1.89 bits per heavy atom. The maximum absolute atomic E-state index is 12.6. The summed E-state index contributed by atoms with van der Waals surface area (Å²) in [6, 6.07) is 13.2. The molecule has 1 aliphatic rings. The minimum atomic E-state index is -0.391. The van der Waals surface area contributed by atoms with E-state index in [2.05, 4.69) is 5.32 Å². The van der Waals surface area contributed by atoms with Gasteiger partial charge in [0.05, 0.1) is 25.8 Å². The second-order valence-electron chi connectivity index (χ2n) is 6.61. The monoisotopic (exact) mass is 368 g/mol. The molecule has 6 nitrogen and oxygen atoms in total. The van der Waals surface area contributed by atoms with Crippen molar-refractivity contribution in [2.45, 2.75) is 19.9 Å². The Morgan fingerprint density at radius 1 is 1.15 bits per heavy atom. The van der Waals surface area contributed by atoms with Crippen LogP contribution < -0.4 is 19.7 Å². The number of rotatable bonds is 6. The smallest absolute Gasteiger partial charge is 0.227 e. The molecule has 6 heteroatoms. The van der Waals surface area contributed by atoms with Crippen molar-refractivity contribution in [3.63, 3.8) is 0 Å². The minimum Gasteiger partial charge on any atom is -0.496 e. The van der Waals surface area contributed by atoms with Crippen LogP contribution in [0.4, 0.5) is 5.69 Å². The van der Waals surface area contributed by atoms with Crippen molar-refractivity contribution in [2.24, 2.45) is 5.92 Å². The van der Waals surface area contributed by atoms with E-state index in [4.69, 9.17) is 9.47 Å². The van der Waals surface area contributed by atoms with Gasteiger partial charge in [0.25, 0.3) is 0 Å². The van der Waals surface area contributed by atoms with Crippen LogP contribution in [0.5, 0.6) is 11.5 Å². The lowest BCUT2D eigenvalue weighted by Gasteiger charge is -2.20. The SMILES string of the molecule is COc1ccccc1CNC(=O)[C@@H]1CC(=O)N(c2cc(C)ccc2OC)C1. The van der Waals surface area contributed by atoms with E-state index in [1.165, 1.54) is 0 Å². The van der Waals surface area contributed by atoms with E-state index in [0.717, 1.165) is 16.9 Å². The molecule has 1 saturated heterocycles. The second kappa shape index (κ2) is 8.12. The van der Waals surface area contributed by atoms with E-state index in [1.807, 2.05) is 49.4 Å². The first kappa shape index (κ1) is 18.8. The van der Waals surface area contributed by atoms with Crippen molar-refractivity contribution in [3.05, 3.63) is 53.6 Å². The number of carbonyl (C=O) groups is 2. The summed E-state index contributed by atoms with van der Waals surface area (Å²) in [6.45, 7) is 2.67. The van der Waals surface area contributed by atoms with Gasteiger partial charge in [-0.05, 0) is 30.7 Å². The molecule has 2 aromatic carbocycles. The average Bonchev–Trinajstić information content (AvgIpc) is 3.07. The van der Waals surface area contributed by atoms with Crippen LogP contribution in [0.3, 0.4) is 0 Å². The van der Waals surface area contributed by atoms with Crippen molar-refractivity contribution in [1.82, 2.24) is 5.32 Å². The molecular formula is C21H24N2O4. The molecule has 2 aromatic rings. The Balaban J connectivity index is 1.68. The maximum atomic E-state index is 12.6. The van der Waals surface area contributed by atoms with Gasteiger partial charge in [-0.15, -0.1) is 0 Å². The number of aryl methyl sites for hydroxylation is 1. The fourth-order valence-corrected chi connectivity index (χ4v) is 3.30. The van der Waals surface area contributed by atoms with Crippen LogP contribution in [0.15, 0.2) is 42.5 Å². The topological polar surface area (TPSA) is 67.9 Å². The van der Waals surface area contributed by atoms with Crippen LogP contribution in [-0.4, -0.2) is 32.6 Å². The first-order chi connectivity index (χ1) is 13.0. The first-order valence-electron chi connectivity index (χ1n) is 8.88. The molecule has 1 N–H and O–H groups in total. The molecule has 0 aliphatic carbocycles. The maximum Gasteiger partial charge on any atom is 0.227 e. The number of carbonyl (C=O) groups excluding carboxylic acids is 2. The molecule has 27 heavy (non-hydrogen) atoms. The Hall–Kier alpha value is -3.02. The van der Waals surface area contributed by atoms with Crippen molar-refractivity contribution >= 4 is 17.5 Å². The molecule has 1 atom stereocenters. The van der Waals surface area contributed by atoms with Gasteiger partial charge in [0.2, 0.25) is 11.8 Å². The van der Waals surface area contributed by atoms with Crippen LogP contribution >= 0.6 is 0 Å². The molecule has 0 radical (unpaired) electrons. The van der Waals surface area contributed by atoms with Crippen LogP contribution in [0.2, 0.25) is 0 Å². The van der Waals surface area contributed by atoms with Gasteiger partial charge in [-0.1, -0.05) is 24.3 Å². The number of nitrogens with zero attached hydrogens (tertiary/aromatic N) is 1. The van der Waals surface area contributed by atoms with E-state index >= 15 is 0 Å². The standard InChI is InChI=1S/C21H24N2O4/c1-14-8-9-19(27-3)17(10-14)23-13-16(11-20(23)24)21(25)22-12-15-6-4-5-7-18(15)26-2/h4-10,16H,11-13H2,1-3H3,(H,22,25)/t16-/m1/s1. The summed E-state index contributed by atoms with van der Waals surface area (Å²) in [5, 5.41) is 2.92. The second-order valence-corrected chi connectivity index (χ2v) is 6.61. The summed E-state index contributed by atoms with van der Waals surface area (Å²) in [5.41, 5.74) is 2.64. The van der Waals surface area contributed by atoms with E-state index < -0.39 is 5.92 Å². The predicted octanol–water partition coefficient (Wildman–Crippen LogP) is 2.68. The Bertz CT molecular complexity index is 850. The summed E-state index contributed by atoms with van der Waals surface area (Å²) in [6.07, 6.45) is 0.189. The highest BCUT2D eigenvalue weighted by molar-refractivity contribution is 6.01. The number of nitrogens with one attached hydrogen (secondary N) is 1. The van der Waals surface area contributed by atoms with E-state index in [1.54, 1.807) is 19.1 Å². The number of amides is 2. The van der Waals surface area contributed by atoms with Gasteiger partial charge in [0.15, 0.2) is 0 Å². The van der Waals surface area contributed by atoms with E-state index in [9.17, 15) is 9.59 Å². The van der Waals surface area contributed by atoms with Crippen LogP contribution in [0.25, 0.3) is 0 Å². The lowest BCUT2D eigenvalue weighted by Crippen LogP contribution is -2.32. The first-order valence-corrected chi connectivity index (χ1v) is 8.88. The molecule has 0 spiro atoms. The fourth-order valence-electron chi connectivity index (χ4n) is 3.30. The van der Waals surface area contributed by atoms with Gasteiger partial charge in [-0.25, -0.2) is 0 Å². The number of anilines is 1. The number of para-hydroxylation sites is 1. The molecule has 0 unspecified atom stereocenters. The molecule has 2 amide bonds. The zero-order chi connectivity index (χ0) is 19.4. The lowest BCUT2D eigenvalue weighted by atomic mass is 10.1. The minimum absolute atomic E-state index is 0.0728. The van der Waals surface area contributed by atoms with Crippen LogP contribution in [-0.2, 0) is 16.1 Å². The number of ether oxygens (including phenoxy) is 2. The highest BCUT2D eigenvalue weighted by atomic mass is 16.5. The van der Waals surface area contributed by atoms with Crippen molar-refractivity contribution in [2.75, 3.05) is 25.7 Å². The predicted molar refractivity (Wildman–Crippen MR) is 103 cm³/mol. The quantitative estimate of drug-likeness (QED) is 0.851. The van der Waals surface area contributed by atoms with E-state index in [-0.39, 0.29) is 18.2 Å². The van der Waals surface area contributed by atoms with Crippen molar-refractivity contribution in [3.8, 4) is 11.5 Å². The number of methoxy groups -OCH3 is 2. The molecule has 1 fully saturated rings. The van der Waals surface area contributed by atoms with Crippen molar-refractivity contribution in [1.29, 1.82) is 0 Å². The summed E-state index contributed by atoms with van der Waals surface area (Å²) in [7, 11) is 3.18. The molecule has 1 heterocycles. The molecular weight excluding hydrogens is 344 g/mol. The Kier molecular flexibility index (Phi) is 5.64. The zero-order valence-electron chi connectivity index (χ0n) is 15.8. The molecule has 1 aliphatic heterocycles. The van der Waals surface area contributed by atoms with Crippen molar-refractivity contribution < 1.29 is 19.1 Å². The summed E-state index contributed by atoms with van der Waals surface area (Å²) < 4.78 is 10.7. The third kappa shape index (κ3) is 4.05. The third-order valence-corrected chi connectivity index (χ3v) is 4.77. The molecule has 0 bridgehead atoms. The zero-order valence-corrected chi connectivity index (χ0v) is 15.8. The average molecular weight is 368 g/mol. The summed E-state index contributed by atoms with van der Waals surface area (Å²) in [5.74, 6) is 0.757. The number of hydrogen-bond acceptors (Lipinski definition) is 4. The number of benzene rings is 2. The van der Waals surface area contributed by atoms with Gasteiger partial charge in [-0.2, -0.15) is 0 Å². The lowest BCUT2D eigenvalue weighted by molar-refractivity contribution is -0.126. The highest BCUT2D eigenvalue weighted by Gasteiger charge is 2.36. The number of hydrogen-bond donors (Lipinski definition) is 1. The highest BCUT2D eigenvalue weighted by Crippen LogP contribution is 2.34. The van der Waals surface area contributed by atoms with Gasteiger partial charge in [0.1, 0.15) is 11.5 Å². The summed E-state index contributed by atoms with van der Waals surface area (Å²) >= 11 is 0. The Morgan fingerprint density at radius 3 is 2.63 bits per heavy atom. The largest absolute Gasteiger partial charge is 0.496 e. The third-order valence-electron chi connectivity index (χ3n) is 4.77.